The maximum absolute atomic E-state index is 12.1. The van der Waals surface area contributed by atoms with E-state index in [1.54, 1.807) is 26.4 Å². The molecule has 0 N–H and O–H groups in total. The van der Waals surface area contributed by atoms with Crippen LogP contribution >= 0.6 is 11.3 Å². The Kier molecular flexibility index (Phi) is 5.50. The van der Waals surface area contributed by atoms with E-state index >= 15 is 0 Å². The van der Waals surface area contributed by atoms with Crippen LogP contribution in [0.3, 0.4) is 0 Å². The van der Waals surface area contributed by atoms with E-state index in [0.29, 0.717) is 0 Å². The lowest BCUT2D eigenvalue weighted by atomic mass is 10.1. The summed E-state index contributed by atoms with van der Waals surface area (Å²) >= 11 is 1.38. The third kappa shape index (κ3) is 4.16. The smallest absolute Gasteiger partial charge is 0.358 e. The van der Waals surface area contributed by atoms with Crippen molar-refractivity contribution in [1.82, 2.24) is 9.88 Å². The normalized spacial score (nSPS) is 11.8. The third-order valence-electron chi connectivity index (χ3n) is 3.39. The number of benzene rings is 1. The summed E-state index contributed by atoms with van der Waals surface area (Å²) < 4.78 is 5.16. The van der Waals surface area contributed by atoms with Crippen molar-refractivity contribution in [2.45, 2.75) is 26.4 Å². The molecule has 6 heteroatoms. The van der Waals surface area contributed by atoms with E-state index in [1.165, 1.54) is 21.8 Å². The van der Waals surface area contributed by atoms with Crippen LogP contribution in [0.5, 0.6) is 0 Å². The maximum atomic E-state index is 12.1. The highest BCUT2D eigenvalue weighted by Gasteiger charge is 2.22. The number of aryl methyl sites for hydroxylation is 1. The van der Waals surface area contributed by atoms with Gasteiger partial charge in [0.15, 0.2) is 11.8 Å². The molecule has 1 aromatic carbocycles. The molecule has 0 unspecified atom stereocenters. The van der Waals surface area contributed by atoms with Gasteiger partial charge in [0.25, 0.3) is 5.91 Å². The zero-order chi connectivity index (χ0) is 17.0. The van der Waals surface area contributed by atoms with Crippen LogP contribution in [0.25, 0.3) is 10.6 Å². The molecule has 0 fully saturated rings. The van der Waals surface area contributed by atoms with Gasteiger partial charge >= 0.3 is 5.97 Å². The fraction of sp³-hybridized carbons (Fsp3) is 0.353. The number of hydrogen-bond donors (Lipinski definition) is 0. The summed E-state index contributed by atoms with van der Waals surface area (Å²) in [4.78, 5) is 29.5. The molecule has 1 aromatic heterocycles. The SMILES string of the molecule is CCc1ccc(-c2nc(C(=O)O[C@@H](C)C(=O)N(C)C)cs2)cc1. The van der Waals surface area contributed by atoms with Crippen LogP contribution < -0.4 is 0 Å². The molecular weight excluding hydrogens is 312 g/mol. The second kappa shape index (κ2) is 7.37. The molecule has 1 heterocycles. The molecule has 0 saturated heterocycles. The van der Waals surface area contributed by atoms with Crippen molar-refractivity contribution in [3.63, 3.8) is 0 Å². The van der Waals surface area contributed by atoms with Crippen LogP contribution in [0.4, 0.5) is 0 Å². The molecule has 0 bridgehead atoms. The highest BCUT2D eigenvalue weighted by atomic mass is 32.1. The van der Waals surface area contributed by atoms with Gasteiger partial charge in [0.05, 0.1) is 0 Å². The van der Waals surface area contributed by atoms with Crippen molar-refractivity contribution in [2.24, 2.45) is 0 Å². The standard InChI is InChI=1S/C17H20N2O3S/c1-5-12-6-8-13(9-7-12)15-18-14(10-23-15)17(21)22-11(2)16(20)19(3)4/h6-11H,5H2,1-4H3/t11-/m0/s1. The van der Waals surface area contributed by atoms with Crippen LogP contribution in [-0.4, -0.2) is 42.0 Å². The van der Waals surface area contributed by atoms with Gasteiger partial charge in [-0.1, -0.05) is 31.2 Å². The number of aromatic nitrogens is 1. The number of thiazole rings is 1. The Hall–Kier alpha value is -2.21. The molecule has 5 nitrogen and oxygen atoms in total. The van der Waals surface area contributed by atoms with E-state index in [-0.39, 0.29) is 11.6 Å². The van der Waals surface area contributed by atoms with Crippen molar-refractivity contribution in [2.75, 3.05) is 14.1 Å². The number of amides is 1. The zero-order valence-electron chi connectivity index (χ0n) is 13.7. The van der Waals surface area contributed by atoms with Gasteiger partial charge in [-0.2, -0.15) is 0 Å². The fourth-order valence-corrected chi connectivity index (χ4v) is 2.81. The Morgan fingerprint density at radius 1 is 1.26 bits per heavy atom. The van der Waals surface area contributed by atoms with Gasteiger partial charge in [0.2, 0.25) is 0 Å². The third-order valence-corrected chi connectivity index (χ3v) is 4.29. The molecule has 2 aromatic rings. The number of ether oxygens (including phenoxy) is 1. The second-order valence-electron chi connectivity index (χ2n) is 5.37. The number of nitrogens with zero attached hydrogens (tertiary/aromatic N) is 2. The van der Waals surface area contributed by atoms with Crippen molar-refractivity contribution in [1.29, 1.82) is 0 Å². The number of carbonyl (C=O) groups is 2. The first-order chi connectivity index (χ1) is 10.9. The van der Waals surface area contributed by atoms with Gasteiger partial charge in [0, 0.05) is 25.0 Å². The van der Waals surface area contributed by atoms with Crippen molar-refractivity contribution in [3.05, 3.63) is 40.9 Å². The zero-order valence-corrected chi connectivity index (χ0v) is 14.5. The Labute approximate surface area is 139 Å². The number of carbonyl (C=O) groups excluding carboxylic acids is 2. The summed E-state index contributed by atoms with van der Waals surface area (Å²) in [6.07, 6.45) is 0.152. The molecule has 0 aliphatic heterocycles. The van der Waals surface area contributed by atoms with Crippen molar-refractivity contribution < 1.29 is 14.3 Å². The van der Waals surface area contributed by atoms with E-state index in [9.17, 15) is 9.59 Å². The van der Waals surface area contributed by atoms with E-state index in [2.05, 4.69) is 11.9 Å². The molecule has 23 heavy (non-hydrogen) atoms. The minimum atomic E-state index is -0.827. The molecule has 0 spiro atoms. The predicted octanol–water partition coefficient (Wildman–Crippen LogP) is 3.01. The van der Waals surface area contributed by atoms with E-state index in [4.69, 9.17) is 4.74 Å². The first-order valence-electron chi connectivity index (χ1n) is 7.39. The lowest BCUT2D eigenvalue weighted by Gasteiger charge is -2.16. The highest BCUT2D eigenvalue weighted by Crippen LogP contribution is 2.24. The molecule has 0 aliphatic rings. The van der Waals surface area contributed by atoms with Gasteiger partial charge in [-0.05, 0) is 18.9 Å². The predicted molar refractivity (Wildman–Crippen MR) is 90.5 cm³/mol. The van der Waals surface area contributed by atoms with Crippen LogP contribution in [-0.2, 0) is 16.0 Å². The molecule has 122 valence electrons. The molecule has 1 atom stereocenters. The average molecular weight is 332 g/mol. The fourth-order valence-electron chi connectivity index (χ4n) is 2.02. The summed E-state index contributed by atoms with van der Waals surface area (Å²) in [7, 11) is 3.24. The maximum Gasteiger partial charge on any atom is 0.358 e. The minimum absolute atomic E-state index is 0.225. The van der Waals surface area contributed by atoms with E-state index in [0.717, 1.165) is 17.0 Å². The molecule has 0 aliphatic carbocycles. The van der Waals surface area contributed by atoms with Crippen LogP contribution in [0.2, 0.25) is 0 Å². The molecule has 2 rings (SSSR count). The number of esters is 1. The quantitative estimate of drug-likeness (QED) is 0.790. The van der Waals surface area contributed by atoms with Gasteiger partial charge in [-0.15, -0.1) is 11.3 Å². The molecule has 1 amide bonds. The summed E-state index contributed by atoms with van der Waals surface area (Å²) in [5.41, 5.74) is 2.44. The van der Waals surface area contributed by atoms with Gasteiger partial charge in [-0.25, -0.2) is 9.78 Å². The topological polar surface area (TPSA) is 59.5 Å². The Morgan fingerprint density at radius 3 is 2.48 bits per heavy atom. The summed E-state index contributed by atoms with van der Waals surface area (Å²) in [6, 6.07) is 8.08. The Morgan fingerprint density at radius 2 is 1.91 bits per heavy atom. The van der Waals surface area contributed by atoms with E-state index < -0.39 is 12.1 Å². The average Bonchev–Trinajstić information content (AvgIpc) is 3.04. The summed E-state index contributed by atoms with van der Waals surface area (Å²) in [5, 5.41) is 2.41. The lowest BCUT2D eigenvalue weighted by molar-refractivity contribution is -0.137. The molecular formula is C17H20N2O3S. The lowest BCUT2D eigenvalue weighted by Crippen LogP contribution is -2.34. The van der Waals surface area contributed by atoms with Gasteiger partial charge in [0.1, 0.15) is 5.01 Å². The Balaban J connectivity index is 2.08. The van der Waals surface area contributed by atoms with Gasteiger partial charge in [-0.3, -0.25) is 4.79 Å². The highest BCUT2D eigenvalue weighted by molar-refractivity contribution is 7.13. The van der Waals surface area contributed by atoms with Crippen molar-refractivity contribution in [3.8, 4) is 10.6 Å². The van der Waals surface area contributed by atoms with Crippen LogP contribution in [0.1, 0.15) is 29.9 Å². The summed E-state index contributed by atoms with van der Waals surface area (Å²) in [6.45, 7) is 3.65. The van der Waals surface area contributed by atoms with E-state index in [1.807, 2.05) is 24.3 Å². The second-order valence-corrected chi connectivity index (χ2v) is 6.23. The van der Waals surface area contributed by atoms with Gasteiger partial charge < -0.3 is 9.64 Å². The number of likely N-dealkylation sites (N-methyl/N-ethyl adjacent to an activating group) is 1. The number of hydrogen-bond acceptors (Lipinski definition) is 5. The first kappa shape index (κ1) is 17.1. The molecule has 0 radical (unpaired) electrons. The summed E-state index contributed by atoms with van der Waals surface area (Å²) in [5.74, 6) is -0.843. The first-order valence-corrected chi connectivity index (χ1v) is 8.27. The van der Waals surface area contributed by atoms with Crippen LogP contribution in [0.15, 0.2) is 29.6 Å². The number of rotatable bonds is 5. The molecule has 0 saturated carbocycles. The monoisotopic (exact) mass is 332 g/mol. The largest absolute Gasteiger partial charge is 0.448 e. The van der Waals surface area contributed by atoms with Crippen molar-refractivity contribution >= 4 is 23.2 Å². The minimum Gasteiger partial charge on any atom is -0.448 e. The Bertz CT molecular complexity index is 692. The van der Waals surface area contributed by atoms with Crippen LogP contribution in [0, 0.1) is 0 Å².